The molecule has 2 aromatic rings. The van der Waals surface area contributed by atoms with Gasteiger partial charge in [0.05, 0.1) is 12.5 Å². The third-order valence-corrected chi connectivity index (χ3v) is 7.37. The molecule has 6 nitrogen and oxygen atoms in total. The molecule has 2 aromatic heterocycles. The van der Waals surface area contributed by atoms with Gasteiger partial charge in [-0.2, -0.15) is 4.98 Å². The normalized spacial score (nSPS) is 22.9. The topological polar surface area (TPSA) is 64.5 Å². The number of ether oxygens (including phenoxy) is 2. The van der Waals surface area contributed by atoms with Gasteiger partial charge in [-0.1, -0.05) is 20.8 Å². The fourth-order valence-corrected chi connectivity index (χ4v) is 5.25. The number of esters is 1. The Kier molecular flexibility index (Phi) is 7.52. The number of piperidine rings is 1. The van der Waals surface area contributed by atoms with Crippen molar-refractivity contribution in [2.75, 3.05) is 19.7 Å². The average molecular weight is 454 g/mol. The number of hydrogen-bond donors (Lipinski definition) is 0. The molecule has 0 aromatic carbocycles. The van der Waals surface area contributed by atoms with Gasteiger partial charge in [-0.05, 0) is 87.6 Å². The van der Waals surface area contributed by atoms with Crippen LogP contribution in [-0.4, -0.2) is 46.6 Å². The molecule has 0 radical (unpaired) electrons. The number of pyridine rings is 2. The molecule has 1 aliphatic heterocycles. The first-order chi connectivity index (χ1) is 15.8. The van der Waals surface area contributed by atoms with Crippen LogP contribution < -0.4 is 4.74 Å². The standard InChI is InChI=1S/C27H39N3O3/c1-5-32-26(31)20-12-14-30(15-13-20)18-19-16-21-6-11-24(29-25(21)28-17-19)33-23-9-7-22(8-10-23)27(2,3)4/h6,11,16-17,20,22-23H,5,7-10,12-15,18H2,1-4H3/t22-,23-. The molecular weight excluding hydrogens is 414 g/mol. The minimum Gasteiger partial charge on any atom is -0.474 e. The summed E-state index contributed by atoms with van der Waals surface area (Å²) in [5.74, 6) is 1.46. The second-order valence-electron chi connectivity index (χ2n) is 10.8. The van der Waals surface area contributed by atoms with Crippen LogP contribution in [0.1, 0.15) is 71.8 Å². The molecule has 0 N–H and O–H groups in total. The molecule has 0 bridgehead atoms. The van der Waals surface area contributed by atoms with Crippen molar-refractivity contribution < 1.29 is 14.3 Å². The van der Waals surface area contributed by atoms with Crippen LogP contribution in [-0.2, 0) is 16.1 Å². The number of nitrogens with zero attached hydrogens (tertiary/aromatic N) is 3. The summed E-state index contributed by atoms with van der Waals surface area (Å²) in [4.78, 5) is 23.6. The first-order valence-corrected chi connectivity index (χ1v) is 12.6. The Balaban J connectivity index is 1.31. The Bertz CT molecular complexity index is 939. The zero-order valence-corrected chi connectivity index (χ0v) is 20.7. The first-order valence-electron chi connectivity index (χ1n) is 12.6. The van der Waals surface area contributed by atoms with Crippen molar-refractivity contribution in [1.29, 1.82) is 0 Å². The Morgan fingerprint density at radius 2 is 1.82 bits per heavy atom. The summed E-state index contributed by atoms with van der Waals surface area (Å²) < 4.78 is 11.4. The summed E-state index contributed by atoms with van der Waals surface area (Å²) >= 11 is 0. The van der Waals surface area contributed by atoms with Gasteiger partial charge < -0.3 is 9.47 Å². The lowest BCUT2D eigenvalue weighted by Crippen LogP contribution is -2.36. The van der Waals surface area contributed by atoms with E-state index < -0.39 is 0 Å². The van der Waals surface area contributed by atoms with Crippen LogP contribution in [0.4, 0.5) is 0 Å². The summed E-state index contributed by atoms with van der Waals surface area (Å²) in [6, 6.07) is 6.22. The lowest BCUT2D eigenvalue weighted by molar-refractivity contribution is -0.149. The second kappa shape index (κ2) is 10.4. The van der Waals surface area contributed by atoms with Crippen molar-refractivity contribution in [3.8, 4) is 5.88 Å². The molecule has 2 fully saturated rings. The van der Waals surface area contributed by atoms with Gasteiger partial charge >= 0.3 is 5.97 Å². The smallest absolute Gasteiger partial charge is 0.309 e. The van der Waals surface area contributed by atoms with E-state index in [4.69, 9.17) is 9.47 Å². The fraction of sp³-hybridized carbons (Fsp3) is 0.667. The van der Waals surface area contributed by atoms with E-state index in [0.717, 1.165) is 62.3 Å². The molecule has 1 saturated heterocycles. The molecule has 1 saturated carbocycles. The van der Waals surface area contributed by atoms with Gasteiger partial charge in [0, 0.05) is 24.2 Å². The summed E-state index contributed by atoms with van der Waals surface area (Å²) in [6.07, 6.45) is 8.54. The van der Waals surface area contributed by atoms with Crippen LogP contribution in [0, 0.1) is 17.3 Å². The Labute approximate surface area is 198 Å². The molecule has 1 aliphatic carbocycles. The maximum absolute atomic E-state index is 11.9. The highest BCUT2D eigenvalue weighted by molar-refractivity contribution is 5.75. The lowest BCUT2D eigenvalue weighted by Gasteiger charge is -2.36. The molecule has 3 heterocycles. The van der Waals surface area contributed by atoms with Crippen molar-refractivity contribution in [3.05, 3.63) is 30.0 Å². The van der Waals surface area contributed by atoms with E-state index in [0.29, 0.717) is 17.9 Å². The summed E-state index contributed by atoms with van der Waals surface area (Å²) in [6.45, 7) is 12.0. The van der Waals surface area contributed by atoms with E-state index in [9.17, 15) is 4.79 Å². The van der Waals surface area contributed by atoms with E-state index in [2.05, 4.69) is 47.8 Å². The monoisotopic (exact) mass is 453 g/mol. The van der Waals surface area contributed by atoms with E-state index in [-0.39, 0.29) is 18.0 Å². The summed E-state index contributed by atoms with van der Waals surface area (Å²) in [5.41, 5.74) is 2.29. The van der Waals surface area contributed by atoms with Gasteiger partial charge in [0.25, 0.3) is 0 Å². The van der Waals surface area contributed by atoms with Crippen LogP contribution in [0.2, 0.25) is 0 Å². The Hall–Kier alpha value is -2.21. The quantitative estimate of drug-likeness (QED) is 0.547. The SMILES string of the molecule is CCOC(=O)C1CCN(Cc2cnc3nc(O[C@H]4CC[C@H](C(C)(C)C)CC4)ccc3c2)CC1. The van der Waals surface area contributed by atoms with Crippen LogP contribution in [0.5, 0.6) is 5.88 Å². The van der Waals surface area contributed by atoms with E-state index in [1.54, 1.807) is 0 Å². The van der Waals surface area contributed by atoms with Crippen LogP contribution in [0.3, 0.4) is 0 Å². The summed E-state index contributed by atoms with van der Waals surface area (Å²) in [7, 11) is 0. The number of carbonyl (C=O) groups is 1. The van der Waals surface area contributed by atoms with Crippen molar-refractivity contribution in [2.45, 2.75) is 78.9 Å². The molecule has 4 rings (SSSR count). The van der Waals surface area contributed by atoms with E-state index >= 15 is 0 Å². The highest BCUT2D eigenvalue weighted by Crippen LogP contribution is 2.38. The van der Waals surface area contributed by atoms with Crippen molar-refractivity contribution in [2.24, 2.45) is 17.3 Å². The van der Waals surface area contributed by atoms with Gasteiger partial charge in [-0.3, -0.25) is 9.69 Å². The Morgan fingerprint density at radius 1 is 1.09 bits per heavy atom. The minimum absolute atomic E-state index is 0.0436. The van der Waals surface area contributed by atoms with Crippen molar-refractivity contribution >= 4 is 17.0 Å². The van der Waals surface area contributed by atoms with Crippen molar-refractivity contribution in [3.63, 3.8) is 0 Å². The molecule has 6 heteroatoms. The highest BCUT2D eigenvalue weighted by atomic mass is 16.5. The number of aromatic nitrogens is 2. The van der Waals surface area contributed by atoms with Gasteiger partial charge in [0.15, 0.2) is 5.65 Å². The molecule has 0 spiro atoms. The van der Waals surface area contributed by atoms with Gasteiger partial charge in [-0.15, -0.1) is 0 Å². The third-order valence-electron chi connectivity index (χ3n) is 7.37. The predicted molar refractivity (Wildman–Crippen MR) is 130 cm³/mol. The predicted octanol–water partition coefficient (Wildman–Crippen LogP) is 5.39. The number of rotatable bonds is 6. The lowest BCUT2D eigenvalue weighted by atomic mass is 9.72. The fourth-order valence-electron chi connectivity index (χ4n) is 5.25. The van der Waals surface area contributed by atoms with Crippen LogP contribution >= 0.6 is 0 Å². The maximum atomic E-state index is 11.9. The molecular formula is C27H39N3O3. The van der Waals surface area contributed by atoms with Crippen LogP contribution in [0.25, 0.3) is 11.0 Å². The summed E-state index contributed by atoms with van der Waals surface area (Å²) in [5, 5.41) is 1.04. The number of likely N-dealkylation sites (tertiary alicyclic amines) is 1. The molecule has 180 valence electrons. The largest absolute Gasteiger partial charge is 0.474 e. The van der Waals surface area contributed by atoms with Crippen molar-refractivity contribution in [1.82, 2.24) is 14.9 Å². The van der Waals surface area contributed by atoms with Gasteiger partial charge in [-0.25, -0.2) is 4.98 Å². The van der Waals surface area contributed by atoms with E-state index in [1.807, 2.05) is 19.2 Å². The van der Waals surface area contributed by atoms with Gasteiger partial charge in [0.1, 0.15) is 6.10 Å². The zero-order valence-electron chi connectivity index (χ0n) is 20.7. The Morgan fingerprint density at radius 3 is 2.48 bits per heavy atom. The minimum atomic E-state index is -0.0455. The second-order valence-corrected chi connectivity index (χ2v) is 10.8. The molecule has 0 amide bonds. The zero-order chi connectivity index (χ0) is 23.4. The van der Waals surface area contributed by atoms with Crippen LogP contribution in [0.15, 0.2) is 24.4 Å². The number of hydrogen-bond acceptors (Lipinski definition) is 6. The van der Waals surface area contributed by atoms with Gasteiger partial charge in [0.2, 0.25) is 5.88 Å². The molecule has 0 atom stereocenters. The molecule has 0 unspecified atom stereocenters. The average Bonchev–Trinajstić information content (AvgIpc) is 2.79. The van der Waals surface area contributed by atoms with E-state index in [1.165, 1.54) is 18.4 Å². The molecule has 33 heavy (non-hydrogen) atoms. The first kappa shape index (κ1) is 23.9. The third kappa shape index (κ3) is 6.23. The highest BCUT2D eigenvalue weighted by Gasteiger charge is 2.30. The molecule has 2 aliphatic rings. The number of carbonyl (C=O) groups excluding carboxylic acids is 1. The maximum Gasteiger partial charge on any atom is 0.309 e. The number of fused-ring (bicyclic) bond motifs is 1.